The van der Waals surface area contributed by atoms with Crippen LogP contribution in [0.3, 0.4) is 0 Å². The van der Waals surface area contributed by atoms with Crippen LogP contribution in [0.1, 0.15) is 34.3 Å². The fraction of sp³-hybridized carbons (Fsp3) is 0.235. The summed E-state index contributed by atoms with van der Waals surface area (Å²) < 4.78 is 42.7. The van der Waals surface area contributed by atoms with Crippen molar-refractivity contribution in [1.29, 1.82) is 0 Å². The minimum atomic E-state index is -4.55. The van der Waals surface area contributed by atoms with Crippen molar-refractivity contribution in [2.45, 2.75) is 30.6 Å². The maximum Gasteiger partial charge on any atom is 0.345 e. The summed E-state index contributed by atoms with van der Waals surface area (Å²) >= 11 is 6.36. The molecule has 5 nitrogen and oxygen atoms in total. The first-order chi connectivity index (χ1) is 12.2. The Hall–Kier alpha value is 0.0100. The average molecular weight is 709 g/mol. The topological polar surface area (TPSA) is 83.5 Å². The number of carbonyl (C=O) groups is 1. The predicted octanol–water partition coefficient (Wildman–Crippen LogP) is 4.50. The second kappa shape index (κ2) is 8.17. The van der Waals surface area contributed by atoms with E-state index in [9.17, 15) is 17.8 Å². The van der Waals surface area contributed by atoms with Crippen molar-refractivity contribution in [3.8, 4) is 5.75 Å². The van der Waals surface area contributed by atoms with Gasteiger partial charge in [-0.3, -0.25) is 0 Å². The molecular weight excluding hydrogens is 697 g/mol. The van der Waals surface area contributed by atoms with Gasteiger partial charge in [0.25, 0.3) is 0 Å². The van der Waals surface area contributed by atoms with E-state index in [0.29, 0.717) is 35.3 Å². The molecule has 0 N–H and O–H groups in total. The molecule has 2 aromatic rings. The van der Waals surface area contributed by atoms with Crippen LogP contribution in [0.4, 0.5) is 0 Å². The second-order valence-electron chi connectivity index (χ2n) is 5.79. The molecule has 26 heavy (non-hydrogen) atoms. The van der Waals surface area contributed by atoms with Gasteiger partial charge in [-0.25, -0.2) is 13.2 Å². The molecule has 1 aliphatic rings. The first kappa shape index (κ1) is 20.7. The number of esters is 1. The van der Waals surface area contributed by atoms with Gasteiger partial charge in [0.15, 0.2) is 0 Å². The van der Waals surface area contributed by atoms with Crippen molar-refractivity contribution in [3.05, 3.63) is 51.7 Å². The molecule has 0 heterocycles. The van der Waals surface area contributed by atoms with Crippen LogP contribution in [-0.4, -0.2) is 18.9 Å². The molecule has 3 rings (SSSR count). The van der Waals surface area contributed by atoms with E-state index in [1.807, 2.05) is 12.1 Å². The van der Waals surface area contributed by atoms with Crippen molar-refractivity contribution in [2.75, 3.05) is 0 Å². The monoisotopic (exact) mass is 709 g/mol. The highest BCUT2D eigenvalue weighted by Crippen LogP contribution is 2.35. The van der Waals surface area contributed by atoms with Gasteiger partial charge in [0.1, 0.15) is 15.9 Å². The summed E-state index contributed by atoms with van der Waals surface area (Å²) in [4.78, 5) is 12.6. The number of halogens is 3. The number of hydrogen-bond donors (Lipinski definition) is 0. The van der Waals surface area contributed by atoms with Crippen LogP contribution in [0.15, 0.2) is 29.2 Å². The van der Waals surface area contributed by atoms with Crippen LogP contribution in [0.2, 0.25) is 0 Å². The Morgan fingerprint density at radius 1 is 0.962 bits per heavy atom. The zero-order valence-electron chi connectivity index (χ0n) is 13.2. The Balaban J connectivity index is 2.04. The molecule has 0 spiro atoms. The molecule has 0 amide bonds. The number of hydrogen-bond acceptors (Lipinski definition) is 5. The van der Waals surface area contributed by atoms with Crippen molar-refractivity contribution >= 4 is 83.9 Å². The number of rotatable bonds is 3. The molecule has 0 aliphatic heterocycles. The van der Waals surface area contributed by atoms with Crippen LogP contribution < -0.4 is 4.74 Å². The molecule has 0 atom stereocenters. The molecule has 0 unspecified atom stereocenters. The fourth-order valence-electron chi connectivity index (χ4n) is 3.00. The Labute approximate surface area is 192 Å². The van der Waals surface area contributed by atoms with Gasteiger partial charge in [0.05, 0.1) is 10.5 Å². The summed E-state index contributed by atoms with van der Waals surface area (Å²) in [5.41, 5.74) is 1.63. The van der Waals surface area contributed by atoms with Crippen molar-refractivity contribution in [3.63, 3.8) is 0 Å². The average Bonchev–Trinajstić information content (AvgIpc) is 2.58. The van der Waals surface area contributed by atoms with E-state index in [-0.39, 0.29) is 4.90 Å². The lowest BCUT2D eigenvalue weighted by atomic mass is 9.91. The Bertz CT molecular complexity index is 1000. The maximum atomic E-state index is 12.8. The third-order valence-corrected chi connectivity index (χ3v) is 9.04. The first-order valence-corrected chi connectivity index (χ1v) is 12.3. The molecule has 2 aromatic carbocycles. The molecule has 0 radical (unpaired) electrons. The van der Waals surface area contributed by atoms with Gasteiger partial charge in [-0.05, 0) is 129 Å². The van der Waals surface area contributed by atoms with Gasteiger partial charge in [0.2, 0.25) is 0 Å². The van der Waals surface area contributed by atoms with Crippen LogP contribution in [-0.2, 0) is 23.0 Å². The third kappa shape index (κ3) is 4.20. The lowest BCUT2D eigenvalue weighted by molar-refractivity contribution is 0.0730. The summed E-state index contributed by atoms with van der Waals surface area (Å²) in [6.45, 7) is 0. The summed E-state index contributed by atoms with van der Waals surface area (Å²) in [5.74, 6) is -0.148. The van der Waals surface area contributed by atoms with E-state index in [1.54, 1.807) is 0 Å². The first-order valence-electron chi connectivity index (χ1n) is 7.66. The van der Waals surface area contributed by atoms with Crippen molar-refractivity contribution in [1.82, 2.24) is 0 Å². The van der Waals surface area contributed by atoms with E-state index in [4.69, 9.17) is 4.74 Å². The van der Waals surface area contributed by atoms with Crippen LogP contribution in [0, 0.1) is 10.7 Å². The number of fused-ring (bicyclic) bond motifs is 1. The summed E-state index contributed by atoms with van der Waals surface area (Å²) in [5, 5.41) is 0. The van der Waals surface area contributed by atoms with Crippen LogP contribution in [0.25, 0.3) is 0 Å². The molecular formula is C17H12I3O5S-. The minimum absolute atomic E-state index is 0.203. The Morgan fingerprint density at radius 2 is 1.58 bits per heavy atom. The van der Waals surface area contributed by atoms with Gasteiger partial charge in [0, 0.05) is 10.7 Å². The molecule has 0 saturated heterocycles. The van der Waals surface area contributed by atoms with Gasteiger partial charge < -0.3 is 9.29 Å². The molecule has 9 heteroatoms. The quantitative estimate of drug-likeness (QED) is 0.154. The largest absolute Gasteiger partial charge is 0.744 e. The highest BCUT2D eigenvalue weighted by molar-refractivity contribution is 14.1. The lowest BCUT2D eigenvalue weighted by Crippen LogP contribution is -2.17. The summed E-state index contributed by atoms with van der Waals surface area (Å²) in [6, 6.07) is 6.45. The number of carbonyl (C=O) groups excluding carboxylic acids is 1. The van der Waals surface area contributed by atoms with Crippen molar-refractivity contribution < 1.29 is 22.5 Å². The molecule has 0 saturated carbocycles. The zero-order chi connectivity index (χ0) is 19.1. The van der Waals surface area contributed by atoms with E-state index < -0.39 is 16.1 Å². The van der Waals surface area contributed by atoms with Gasteiger partial charge in [-0.1, -0.05) is 0 Å². The number of benzene rings is 2. The Kier molecular flexibility index (Phi) is 6.52. The third-order valence-electron chi connectivity index (χ3n) is 4.17. The lowest BCUT2D eigenvalue weighted by Gasteiger charge is -2.23. The molecule has 0 fully saturated rings. The van der Waals surface area contributed by atoms with Crippen LogP contribution in [0.5, 0.6) is 5.75 Å². The van der Waals surface area contributed by atoms with Gasteiger partial charge in [-0.2, -0.15) is 0 Å². The summed E-state index contributed by atoms with van der Waals surface area (Å²) in [6.07, 6.45) is 2.75. The Morgan fingerprint density at radius 3 is 2.23 bits per heavy atom. The maximum absolute atomic E-state index is 12.8. The predicted molar refractivity (Wildman–Crippen MR) is 121 cm³/mol. The molecule has 0 bridgehead atoms. The SMILES string of the molecule is O=C(Oc1ccc(S(=O)(=O)[O-])c2c1CCCC2)c1c(I)ccc(I)c1I. The van der Waals surface area contributed by atoms with E-state index in [1.165, 1.54) is 12.1 Å². The van der Waals surface area contributed by atoms with E-state index in [2.05, 4.69) is 67.8 Å². The summed E-state index contributed by atoms with van der Waals surface area (Å²) in [7, 11) is -4.55. The minimum Gasteiger partial charge on any atom is -0.744 e. The number of ether oxygens (including phenoxy) is 1. The molecule has 1 aliphatic carbocycles. The fourth-order valence-corrected chi connectivity index (χ4v) is 6.08. The zero-order valence-corrected chi connectivity index (χ0v) is 20.5. The van der Waals surface area contributed by atoms with Gasteiger partial charge in [-0.15, -0.1) is 0 Å². The van der Waals surface area contributed by atoms with Crippen LogP contribution >= 0.6 is 67.8 Å². The highest BCUT2D eigenvalue weighted by Gasteiger charge is 2.24. The standard InChI is InChI=1S/C17H13I3O5S/c18-11-5-6-12(19)16(20)15(11)17(21)25-13-7-8-14(26(22,23)24)10-4-2-1-3-9(10)13/h5-8H,1-4H2,(H,22,23,24)/p-1. The normalized spacial score (nSPS) is 14.0. The van der Waals surface area contributed by atoms with E-state index in [0.717, 1.165) is 23.6 Å². The second-order valence-corrected chi connectivity index (χ2v) is 10.5. The molecule has 138 valence electrons. The van der Waals surface area contributed by atoms with E-state index >= 15 is 0 Å². The highest BCUT2D eigenvalue weighted by atomic mass is 127. The van der Waals surface area contributed by atoms with Crippen molar-refractivity contribution in [2.24, 2.45) is 0 Å². The molecule has 0 aromatic heterocycles. The smallest absolute Gasteiger partial charge is 0.345 e. The van der Waals surface area contributed by atoms with Gasteiger partial charge >= 0.3 is 5.97 Å².